The van der Waals surface area contributed by atoms with Crippen molar-refractivity contribution in [3.63, 3.8) is 0 Å². The first-order chi connectivity index (χ1) is 10.1. The lowest BCUT2D eigenvalue weighted by atomic mass is 10.1. The van der Waals surface area contributed by atoms with Gasteiger partial charge in [0.2, 0.25) is 0 Å². The minimum absolute atomic E-state index is 0.166. The highest BCUT2D eigenvalue weighted by molar-refractivity contribution is 6.31. The van der Waals surface area contributed by atoms with Crippen LogP contribution in [0.15, 0.2) is 42.5 Å². The van der Waals surface area contributed by atoms with Gasteiger partial charge in [-0.3, -0.25) is 4.79 Å². The van der Waals surface area contributed by atoms with Crippen LogP contribution in [-0.2, 0) is 6.42 Å². The van der Waals surface area contributed by atoms with Gasteiger partial charge in [0.25, 0.3) is 5.91 Å². The molecule has 2 aromatic carbocycles. The van der Waals surface area contributed by atoms with Crippen molar-refractivity contribution in [3.05, 3.63) is 58.6 Å². The fourth-order valence-electron chi connectivity index (χ4n) is 2.00. The molecule has 0 saturated carbocycles. The van der Waals surface area contributed by atoms with E-state index in [1.807, 2.05) is 12.1 Å². The first-order valence-electron chi connectivity index (χ1n) is 6.63. The topological polar surface area (TPSA) is 61.4 Å². The summed E-state index contributed by atoms with van der Waals surface area (Å²) in [5, 5.41) is 15.6. The maximum Gasteiger partial charge on any atom is 0.253 e. The van der Waals surface area contributed by atoms with Crippen LogP contribution in [0, 0.1) is 0 Å². The monoisotopic (exact) mass is 304 g/mol. The molecule has 0 fully saturated rings. The summed E-state index contributed by atoms with van der Waals surface area (Å²) >= 11 is 5.93. The van der Waals surface area contributed by atoms with Gasteiger partial charge in [-0.25, -0.2) is 0 Å². The summed E-state index contributed by atoms with van der Waals surface area (Å²) in [6.07, 6.45) is 0.696. The fourth-order valence-corrected chi connectivity index (χ4v) is 2.17. The molecule has 0 unspecified atom stereocenters. The van der Waals surface area contributed by atoms with E-state index in [9.17, 15) is 9.90 Å². The molecule has 2 rings (SSSR count). The van der Waals surface area contributed by atoms with Gasteiger partial charge in [0.1, 0.15) is 5.75 Å². The largest absolute Gasteiger partial charge is 0.508 e. The molecule has 110 valence electrons. The number of phenols is 1. The van der Waals surface area contributed by atoms with Gasteiger partial charge in [-0.1, -0.05) is 23.7 Å². The molecule has 3 N–H and O–H groups in total. The van der Waals surface area contributed by atoms with Gasteiger partial charge in [0.05, 0.1) is 5.56 Å². The molecule has 0 spiro atoms. The van der Waals surface area contributed by atoms with Gasteiger partial charge in [-0.15, -0.1) is 0 Å². The lowest BCUT2D eigenvalue weighted by Gasteiger charge is -2.10. The Kier molecular flexibility index (Phi) is 5.06. The van der Waals surface area contributed by atoms with Crippen molar-refractivity contribution in [1.82, 2.24) is 5.32 Å². The first-order valence-corrected chi connectivity index (χ1v) is 7.01. The second kappa shape index (κ2) is 6.99. The molecule has 4 nitrogen and oxygen atoms in total. The van der Waals surface area contributed by atoms with Gasteiger partial charge in [-0.05, 0) is 42.3 Å². The van der Waals surface area contributed by atoms with Crippen molar-refractivity contribution in [1.29, 1.82) is 0 Å². The van der Waals surface area contributed by atoms with Gasteiger partial charge in [0, 0.05) is 24.3 Å². The van der Waals surface area contributed by atoms with E-state index in [0.717, 1.165) is 11.3 Å². The number of halogens is 1. The number of carbonyl (C=O) groups excluding carboxylic acids is 1. The highest BCUT2D eigenvalue weighted by Crippen LogP contribution is 2.20. The average molecular weight is 305 g/mol. The predicted molar refractivity (Wildman–Crippen MR) is 85.1 cm³/mol. The van der Waals surface area contributed by atoms with Crippen molar-refractivity contribution in [2.24, 2.45) is 0 Å². The molecular weight excluding hydrogens is 288 g/mol. The Balaban J connectivity index is 1.95. The molecular formula is C16H17ClN2O2. The van der Waals surface area contributed by atoms with Crippen molar-refractivity contribution >= 4 is 23.2 Å². The Morgan fingerprint density at radius 3 is 2.57 bits per heavy atom. The molecule has 0 saturated heterocycles. The fraction of sp³-hybridized carbons (Fsp3) is 0.188. The number of hydrogen-bond acceptors (Lipinski definition) is 3. The molecule has 21 heavy (non-hydrogen) atoms. The SMILES string of the molecule is CNc1ccc(Cl)cc1C(=O)NCCc1ccc(O)cc1. The van der Waals surface area contributed by atoms with Crippen LogP contribution >= 0.6 is 11.6 Å². The Morgan fingerprint density at radius 1 is 1.19 bits per heavy atom. The zero-order valence-corrected chi connectivity index (χ0v) is 12.4. The van der Waals surface area contributed by atoms with Crippen LogP contribution in [0.25, 0.3) is 0 Å². The summed E-state index contributed by atoms with van der Waals surface area (Å²) < 4.78 is 0. The van der Waals surface area contributed by atoms with Crippen LogP contribution in [0.4, 0.5) is 5.69 Å². The van der Waals surface area contributed by atoms with E-state index in [-0.39, 0.29) is 11.7 Å². The molecule has 0 atom stereocenters. The van der Waals surface area contributed by atoms with Crippen molar-refractivity contribution in [3.8, 4) is 5.75 Å². The Hall–Kier alpha value is -2.20. The third kappa shape index (κ3) is 4.13. The van der Waals surface area contributed by atoms with Gasteiger partial charge >= 0.3 is 0 Å². The second-order valence-corrected chi connectivity index (χ2v) is 5.05. The quantitative estimate of drug-likeness (QED) is 0.795. The maximum atomic E-state index is 12.2. The number of rotatable bonds is 5. The van der Waals surface area contributed by atoms with Crippen LogP contribution < -0.4 is 10.6 Å². The van der Waals surface area contributed by atoms with Crippen LogP contribution in [0.1, 0.15) is 15.9 Å². The Bertz CT molecular complexity index is 627. The lowest BCUT2D eigenvalue weighted by molar-refractivity contribution is 0.0955. The number of benzene rings is 2. The van der Waals surface area contributed by atoms with E-state index in [1.54, 1.807) is 37.4 Å². The molecule has 0 heterocycles. The third-order valence-electron chi connectivity index (χ3n) is 3.13. The number of hydrogen-bond donors (Lipinski definition) is 3. The van der Waals surface area contributed by atoms with Gasteiger partial charge in [0.15, 0.2) is 0 Å². The van der Waals surface area contributed by atoms with Gasteiger partial charge in [-0.2, -0.15) is 0 Å². The maximum absolute atomic E-state index is 12.2. The van der Waals surface area contributed by atoms with Crippen molar-refractivity contribution < 1.29 is 9.90 Å². The summed E-state index contributed by atoms with van der Waals surface area (Å²) in [5.74, 6) is 0.0704. The third-order valence-corrected chi connectivity index (χ3v) is 3.37. The molecule has 1 amide bonds. The average Bonchev–Trinajstić information content (AvgIpc) is 2.49. The van der Waals surface area contributed by atoms with Crippen LogP contribution in [0.3, 0.4) is 0 Å². The molecule has 5 heteroatoms. The highest BCUT2D eigenvalue weighted by atomic mass is 35.5. The number of nitrogens with one attached hydrogen (secondary N) is 2. The molecule has 2 aromatic rings. The zero-order valence-electron chi connectivity index (χ0n) is 11.7. The van der Waals surface area contributed by atoms with Gasteiger partial charge < -0.3 is 15.7 Å². The van der Waals surface area contributed by atoms with Crippen LogP contribution in [-0.4, -0.2) is 24.6 Å². The van der Waals surface area contributed by atoms with E-state index in [2.05, 4.69) is 10.6 Å². The number of amides is 1. The van der Waals surface area contributed by atoms with E-state index >= 15 is 0 Å². The van der Waals surface area contributed by atoms with Crippen LogP contribution in [0.2, 0.25) is 5.02 Å². The summed E-state index contributed by atoms with van der Waals surface area (Å²) in [4.78, 5) is 12.2. The van der Waals surface area contributed by atoms with Crippen LogP contribution in [0.5, 0.6) is 5.75 Å². The van der Waals surface area contributed by atoms with Crippen molar-refractivity contribution in [2.45, 2.75) is 6.42 Å². The van der Waals surface area contributed by atoms with Crippen molar-refractivity contribution in [2.75, 3.05) is 18.9 Å². The normalized spacial score (nSPS) is 10.2. The van der Waals surface area contributed by atoms with E-state index < -0.39 is 0 Å². The minimum atomic E-state index is -0.166. The summed E-state index contributed by atoms with van der Waals surface area (Å²) in [7, 11) is 1.76. The number of carbonyl (C=O) groups is 1. The second-order valence-electron chi connectivity index (χ2n) is 4.61. The summed E-state index contributed by atoms with van der Waals surface area (Å²) in [6.45, 7) is 0.513. The molecule has 0 aromatic heterocycles. The predicted octanol–water partition coefficient (Wildman–Crippen LogP) is 3.06. The molecule has 0 aliphatic heterocycles. The standard InChI is InChI=1S/C16H17ClN2O2/c1-18-15-7-4-12(17)10-14(15)16(21)19-9-8-11-2-5-13(20)6-3-11/h2-7,10,18,20H,8-9H2,1H3,(H,19,21). The van der Waals surface area contributed by atoms with E-state index in [1.165, 1.54) is 0 Å². The summed E-state index contributed by atoms with van der Waals surface area (Å²) in [6, 6.07) is 12.1. The minimum Gasteiger partial charge on any atom is -0.508 e. The summed E-state index contributed by atoms with van der Waals surface area (Å²) in [5.41, 5.74) is 2.31. The van der Waals surface area contributed by atoms with E-state index in [0.29, 0.717) is 23.6 Å². The van der Waals surface area contributed by atoms with E-state index in [4.69, 9.17) is 11.6 Å². The number of aromatic hydroxyl groups is 1. The molecule has 0 radical (unpaired) electrons. The number of phenolic OH excluding ortho intramolecular Hbond substituents is 1. The Labute approximate surface area is 128 Å². The smallest absolute Gasteiger partial charge is 0.253 e. The first kappa shape index (κ1) is 15.2. The molecule has 0 aliphatic rings. The lowest BCUT2D eigenvalue weighted by Crippen LogP contribution is -2.26. The highest BCUT2D eigenvalue weighted by Gasteiger charge is 2.10. The Morgan fingerprint density at radius 2 is 1.90 bits per heavy atom. The molecule has 0 aliphatic carbocycles. The molecule has 0 bridgehead atoms. The zero-order chi connectivity index (χ0) is 15.2. The number of anilines is 1.